The number of hydrogen-bond donors (Lipinski definition) is 2. The summed E-state index contributed by atoms with van der Waals surface area (Å²) in [4.78, 5) is 8.87. The van der Waals surface area contributed by atoms with Crippen LogP contribution in [0.4, 0.5) is 0 Å². The van der Waals surface area contributed by atoms with Crippen LogP contribution in [0.15, 0.2) is 53.7 Å². The van der Waals surface area contributed by atoms with Crippen LogP contribution in [0.25, 0.3) is 0 Å². The summed E-state index contributed by atoms with van der Waals surface area (Å²) in [6.07, 6.45) is 3.87. The fourth-order valence-corrected chi connectivity index (χ4v) is 2.26. The molecule has 2 rings (SSSR count). The maximum atomic E-state index is 4.57. The second-order valence-electron chi connectivity index (χ2n) is 5.36. The number of aryl methyl sites for hydroxylation is 1. The Morgan fingerprint density at radius 2 is 1.75 bits per heavy atom. The Bertz CT molecular complexity index is 597. The van der Waals surface area contributed by atoms with Gasteiger partial charge in [0.05, 0.1) is 12.2 Å². The van der Waals surface area contributed by atoms with Crippen LogP contribution in [0.2, 0.25) is 0 Å². The van der Waals surface area contributed by atoms with E-state index in [0.717, 1.165) is 37.6 Å². The van der Waals surface area contributed by atoms with Crippen LogP contribution in [0.3, 0.4) is 0 Å². The lowest BCUT2D eigenvalue weighted by atomic mass is 10.1. The molecule has 0 aliphatic carbocycles. The standard InChI is InChI=1S/C19H26N4.HI/c1-3-16-8-10-17(11-9-16)12-14-22-19(20-4-2)23-15-18-7-5-6-13-21-18;/h5-11,13H,3-4,12,14-15H2,1-2H3,(H2,20,22,23);1H. The first-order valence-electron chi connectivity index (χ1n) is 8.31. The van der Waals surface area contributed by atoms with E-state index in [1.807, 2.05) is 18.2 Å². The van der Waals surface area contributed by atoms with E-state index in [1.165, 1.54) is 11.1 Å². The highest BCUT2D eigenvalue weighted by molar-refractivity contribution is 14.0. The van der Waals surface area contributed by atoms with Crippen LogP contribution in [0, 0.1) is 0 Å². The van der Waals surface area contributed by atoms with Crippen molar-refractivity contribution in [1.82, 2.24) is 15.6 Å². The predicted molar refractivity (Wildman–Crippen MR) is 112 cm³/mol. The lowest BCUT2D eigenvalue weighted by Gasteiger charge is -2.11. The number of benzene rings is 1. The zero-order valence-corrected chi connectivity index (χ0v) is 16.8. The minimum atomic E-state index is 0. The van der Waals surface area contributed by atoms with Crippen molar-refractivity contribution in [2.75, 3.05) is 13.1 Å². The quantitative estimate of drug-likeness (QED) is 0.395. The summed E-state index contributed by atoms with van der Waals surface area (Å²) in [7, 11) is 0. The molecular formula is C19H27IN4. The molecule has 0 saturated heterocycles. The van der Waals surface area contributed by atoms with Crippen LogP contribution < -0.4 is 10.6 Å². The Hall–Kier alpha value is -1.63. The molecule has 0 radical (unpaired) electrons. The molecule has 4 nitrogen and oxygen atoms in total. The van der Waals surface area contributed by atoms with Crippen LogP contribution in [-0.2, 0) is 19.4 Å². The average Bonchev–Trinajstić information content (AvgIpc) is 2.61. The number of guanidine groups is 1. The summed E-state index contributed by atoms with van der Waals surface area (Å²) in [5, 5.41) is 6.65. The van der Waals surface area contributed by atoms with Gasteiger partial charge in [0.15, 0.2) is 5.96 Å². The van der Waals surface area contributed by atoms with E-state index in [1.54, 1.807) is 6.20 Å². The van der Waals surface area contributed by atoms with Gasteiger partial charge < -0.3 is 10.6 Å². The van der Waals surface area contributed by atoms with Crippen molar-refractivity contribution in [2.45, 2.75) is 33.2 Å². The monoisotopic (exact) mass is 438 g/mol. The van der Waals surface area contributed by atoms with E-state index in [4.69, 9.17) is 0 Å². The SMILES string of the molecule is CCNC(=NCc1ccccn1)NCCc1ccc(CC)cc1.I. The van der Waals surface area contributed by atoms with Gasteiger partial charge in [0, 0.05) is 19.3 Å². The minimum Gasteiger partial charge on any atom is -0.357 e. The third kappa shape index (κ3) is 7.29. The molecule has 0 spiro atoms. The summed E-state index contributed by atoms with van der Waals surface area (Å²) < 4.78 is 0. The summed E-state index contributed by atoms with van der Waals surface area (Å²) in [5.74, 6) is 0.836. The molecule has 1 aromatic heterocycles. The molecule has 0 aliphatic rings. The molecule has 130 valence electrons. The Morgan fingerprint density at radius 1 is 1.00 bits per heavy atom. The largest absolute Gasteiger partial charge is 0.357 e. The topological polar surface area (TPSA) is 49.3 Å². The Kier molecular flexibility index (Phi) is 10.1. The molecule has 0 bridgehead atoms. The molecule has 5 heteroatoms. The van der Waals surface area contributed by atoms with E-state index >= 15 is 0 Å². The van der Waals surface area contributed by atoms with Crippen molar-refractivity contribution < 1.29 is 0 Å². The number of aromatic nitrogens is 1. The molecule has 0 atom stereocenters. The highest BCUT2D eigenvalue weighted by Crippen LogP contribution is 2.05. The van der Waals surface area contributed by atoms with E-state index in [-0.39, 0.29) is 24.0 Å². The number of rotatable bonds is 7. The zero-order chi connectivity index (χ0) is 16.3. The highest BCUT2D eigenvalue weighted by Gasteiger charge is 1.99. The van der Waals surface area contributed by atoms with Crippen molar-refractivity contribution in [3.8, 4) is 0 Å². The Morgan fingerprint density at radius 3 is 2.38 bits per heavy atom. The van der Waals surface area contributed by atoms with Gasteiger partial charge in [0.1, 0.15) is 0 Å². The molecule has 0 unspecified atom stereocenters. The van der Waals surface area contributed by atoms with Crippen LogP contribution in [-0.4, -0.2) is 24.0 Å². The fourth-order valence-electron chi connectivity index (χ4n) is 2.26. The summed E-state index contributed by atoms with van der Waals surface area (Å²) in [6.45, 7) is 6.54. The normalized spacial score (nSPS) is 10.8. The van der Waals surface area contributed by atoms with Crippen LogP contribution in [0.1, 0.15) is 30.7 Å². The van der Waals surface area contributed by atoms with Crippen LogP contribution in [0.5, 0.6) is 0 Å². The predicted octanol–water partition coefficient (Wildman–Crippen LogP) is 3.56. The van der Waals surface area contributed by atoms with Gasteiger partial charge in [0.25, 0.3) is 0 Å². The number of nitrogens with zero attached hydrogens (tertiary/aromatic N) is 2. The first-order valence-corrected chi connectivity index (χ1v) is 8.31. The van der Waals surface area contributed by atoms with Gasteiger partial charge in [0.2, 0.25) is 0 Å². The van der Waals surface area contributed by atoms with E-state index in [0.29, 0.717) is 6.54 Å². The first kappa shape index (κ1) is 20.4. The highest BCUT2D eigenvalue weighted by atomic mass is 127. The third-order valence-electron chi connectivity index (χ3n) is 3.61. The lowest BCUT2D eigenvalue weighted by Crippen LogP contribution is -2.38. The van der Waals surface area contributed by atoms with Crippen molar-refractivity contribution >= 4 is 29.9 Å². The molecule has 0 fully saturated rings. The van der Waals surface area contributed by atoms with Gasteiger partial charge in [-0.25, -0.2) is 4.99 Å². The second-order valence-corrected chi connectivity index (χ2v) is 5.36. The summed E-state index contributed by atoms with van der Waals surface area (Å²) in [6, 6.07) is 14.7. The number of nitrogens with one attached hydrogen (secondary N) is 2. The number of pyridine rings is 1. The van der Waals surface area contributed by atoms with Gasteiger partial charge in [-0.1, -0.05) is 37.3 Å². The minimum absolute atomic E-state index is 0. The molecule has 2 aromatic rings. The van der Waals surface area contributed by atoms with E-state index < -0.39 is 0 Å². The third-order valence-corrected chi connectivity index (χ3v) is 3.61. The molecule has 0 aliphatic heterocycles. The number of hydrogen-bond acceptors (Lipinski definition) is 2. The molecule has 1 aromatic carbocycles. The first-order chi connectivity index (χ1) is 11.3. The Balaban J connectivity index is 0.00000288. The lowest BCUT2D eigenvalue weighted by molar-refractivity contribution is 0.796. The van der Waals surface area contributed by atoms with Gasteiger partial charge in [-0.05, 0) is 43.0 Å². The van der Waals surface area contributed by atoms with Gasteiger partial charge in [-0.15, -0.1) is 24.0 Å². The van der Waals surface area contributed by atoms with E-state index in [9.17, 15) is 0 Å². The molecule has 1 heterocycles. The maximum absolute atomic E-state index is 4.57. The molecule has 0 saturated carbocycles. The molecule has 2 N–H and O–H groups in total. The summed E-state index contributed by atoms with van der Waals surface area (Å²) in [5.41, 5.74) is 3.70. The second kappa shape index (κ2) is 11.8. The van der Waals surface area contributed by atoms with Gasteiger partial charge in [-0.3, -0.25) is 4.98 Å². The number of halogens is 1. The fraction of sp³-hybridized carbons (Fsp3) is 0.368. The number of aliphatic imine (C=N–C) groups is 1. The molecular weight excluding hydrogens is 411 g/mol. The average molecular weight is 438 g/mol. The zero-order valence-electron chi connectivity index (χ0n) is 14.5. The van der Waals surface area contributed by atoms with Crippen molar-refractivity contribution in [3.63, 3.8) is 0 Å². The summed E-state index contributed by atoms with van der Waals surface area (Å²) >= 11 is 0. The molecule has 0 amide bonds. The molecule has 24 heavy (non-hydrogen) atoms. The van der Waals surface area contributed by atoms with Crippen molar-refractivity contribution in [2.24, 2.45) is 4.99 Å². The van der Waals surface area contributed by atoms with E-state index in [2.05, 4.69) is 58.7 Å². The van der Waals surface area contributed by atoms with Crippen molar-refractivity contribution in [1.29, 1.82) is 0 Å². The van der Waals surface area contributed by atoms with Gasteiger partial charge >= 0.3 is 0 Å². The van der Waals surface area contributed by atoms with Crippen molar-refractivity contribution in [3.05, 3.63) is 65.5 Å². The maximum Gasteiger partial charge on any atom is 0.191 e. The Labute approximate surface area is 162 Å². The van der Waals surface area contributed by atoms with Crippen LogP contribution >= 0.6 is 24.0 Å². The van der Waals surface area contributed by atoms with Gasteiger partial charge in [-0.2, -0.15) is 0 Å². The smallest absolute Gasteiger partial charge is 0.191 e.